The lowest BCUT2D eigenvalue weighted by Gasteiger charge is -2.38. The number of amides is 1. The molecule has 3 heterocycles. The van der Waals surface area contributed by atoms with Crippen molar-refractivity contribution in [2.45, 2.75) is 51.2 Å². The van der Waals surface area contributed by atoms with Crippen LogP contribution in [0.2, 0.25) is 0 Å². The van der Waals surface area contributed by atoms with Crippen molar-refractivity contribution < 1.29 is 4.79 Å². The Balaban J connectivity index is 1.69. The Morgan fingerprint density at radius 2 is 2.04 bits per heavy atom. The van der Waals surface area contributed by atoms with Gasteiger partial charge in [-0.1, -0.05) is 0 Å². The van der Waals surface area contributed by atoms with Gasteiger partial charge in [-0.25, -0.2) is 0 Å². The van der Waals surface area contributed by atoms with Crippen molar-refractivity contribution in [1.29, 1.82) is 0 Å². The molecule has 2 aliphatic heterocycles. The molecule has 2 saturated heterocycles. The summed E-state index contributed by atoms with van der Waals surface area (Å²) in [6.07, 6.45) is 8.51. The van der Waals surface area contributed by atoms with Gasteiger partial charge in [0.2, 0.25) is 5.91 Å². The van der Waals surface area contributed by atoms with Gasteiger partial charge in [-0.2, -0.15) is 0 Å². The number of likely N-dealkylation sites (tertiary alicyclic amines) is 2. The molecule has 0 radical (unpaired) electrons. The molecule has 1 N–H and O–H groups in total. The topological polar surface area (TPSA) is 61.4 Å². The Morgan fingerprint density at radius 1 is 1.26 bits per heavy atom. The van der Waals surface area contributed by atoms with Crippen LogP contribution in [-0.2, 0) is 11.3 Å². The molecule has 1 amide bonds. The summed E-state index contributed by atoms with van der Waals surface area (Å²) in [6.45, 7) is 5.51. The van der Waals surface area contributed by atoms with Crippen molar-refractivity contribution in [3.63, 3.8) is 0 Å². The number of piperidine rings is 1. The fourth-order valence-corrected chi connectivity index (χ4v) is 3.75. The van der Waals surface area contributed by atoms with Crippen LogP contribution >= 0.6 is 0 Å². The van der Waals surface area contributed by atoms with Crippen molar-refractivity contribution >= 4 is 5.91 Å². The zero-order chi connectivity index (χ0) is 16.2. The fraction of sp³-hybridized carbons (Fsp3) is 0.706. The van der Waals surface area contributed by atoms with E-state index in [1.165, 1.54) is 39.3 Å². The second kappa shape index (κ2) is 7.36. The molecule has 6 nitrogen and oxygen atoms in total. The van der Waals surface area contributed by atoms with Crippen molar-refractivity contribution in [3.05, 3.63) is 23.8 Å². The summed E-state index contributed by atoms with van der Waals surface area (Å²) in [4.78, 5) is 25.2. The summed E-state index contributed by atoms with van der Waals surface area (Å²) in [5, 5.41) is 2.80. The highest BCUT2D eigenvalue weighted by molar-refractivity contribution is 5.72. The Labute approximate surface area is 138 Å². The molecule has 0 aliphatic carbocycles. The van der Waals surface area contributed by atoms with Crippen molar-refractivity contribution in [2.24, 2.45) is 0 Å². The Hall–Kier alpha value is -1.53. The van der Waals surface area contributed by atoms with Crippen molar-refractivity contribution in [1.82, 2.24) is 25.1 Å². The van der Waals surface area contributed by atoms with Crippen LogP contribution in [0.4, 0.5) is 0 Å². The average molecular weight is 317 g/mol. The first-order valence-electron chi connectivity index (χ1n) is 8.63. The van der Waals surface area contributed by atoms with E-state index < -0.39 is 0 Å². The molecule has 0 spiro atoms. The van der Waals surface area contributed by atoms with Crippen LogP contribution in [0.15, 0.2) is 12.4 Å². The minimum Gasteiger partial charge on any atom is -0.351 e. The van der Waals surface area contributed by atoms with Gasteiger partial charge in [0.25, 0.3) is 0 Å². The minimum atomic E-state index is -0.0361. The first kappa shape index (κ1) is 16.3. The third-order valence-corrected chi connectivity index (χ3v) is 5.01. The second-order valence-electron chi connectivity index (χ2n) is 6.78. The summed E-state index contributed by atoms with van der Waals surface area (Å²) < 4.78 is 0. The van der Waals surface area contributed by atoms with Crippen molar-refractivity contribution in [3.8, 4) is 0 Å². The zero-order valence-electron chi connectivity index (χ0n) is 14.2. The molecule has 0 aromatic carbocycles. The Kier molecular flexibility index (Phi) is 5.23. The van der Waals surface area contributed by atoms with E-state index in [9.17, 15) is 4.79 Å². The lowest BCUT2D eigenvalue weighted by molar-refractivity contribution is -0.119. The number of carbonyl (C=O) groups is 1. The van der Waals surface area contributed by atoms with Crippen LogP contribution in [0.1, 0.15) is 50.0 Å². The number of hydrogen-bond donors (Lipinski definition) is 1. The molecule has 0 bridgehead atoms. The molecule has 126 valence electrons. The van der Waals surface area contributed by atoms with Gasteiger partial charge in [0, 0.05) is 13.0 Å². The summed E-state index contributed by atoms with van der Waals surface area (Å²) in [6, 6.07) is 1.05. The number of nitrogens with one attached hydrogen (secondary N) is 1. The fourth-order valence-electron chi connectivity index (χ4n) is 3.75. The molecular weight excluding hydrogens is 290 g/mol. The van der Waals surface area contributed by atoms with Gasteiger partial charge >= 0.3 is 0 Å². The number of aromatic nitrogens is 2. The highest BCUT2D eigenvalue weighted by Gasteiger charge is 2.34. The Bertz CT molecular complexity index is 542. The highest BCUT2D eigenvalue weighted by atomic mass is 16.1. The first-order chi connectivity index (χ1) is 11.1. The van der Waals surface area contributed by atoms with Crippen LogP contribution in [0.3, 0.4) is 0 Å². The Morgan fingerprint density at radius 3 is 2.78 bits per heavy atom. The monoisotopic (exact) mass is 317 g/mol. The van der Waals surface area contributed by atoms with E-state index in [2.05, 4.69) is 27.1 Å². The minimum absolute atomic E-state index is 0.0361. The molecule has 1 atom stereocenters. The highest BCUT2D eigenvalue weighted by Crippen LogP contribution is 2.35. The number of hydrogen-bond acceptors (Lipinski definition) is 5. The standard InChI is InChI=1S/C17H27N5O/c1-13(23)19-11-14-10-18-12-16(20-14)17-4-3-7-22(17)15-5-8-21(2)9-6-15/h10,12,15,17H,3-9,11H2,1-2H3,(H,19,23)/t17-/m1/s1. The van der Waals surface area contributed by atoms with Crippen molar-refractivity contribution in [2.75, 3.05) is 26.7 Å². The largest absolute Gasteiger partial charge is 0.351 e. The third-order valence-electron chi connectivity index (χ3n) is 5.01. The van der Waals surface area contributed by atoms with E-state index in [-0.39, 0.29) is 5.91 Å². The predicted molar refractivity (Wildman–Crippen MR) is 88.8 cm³/mol. The average Bonchev–Trinajstić information content (AvgIpc) is 3.03. The van der Waals surface area contributed by atoms with Crippen LogP contribution < -0.4 is 5.32 Å². The SMILES string of the molecule is CC(=O)NCc1cncc([C@H]2CCCN2C2CCN(C)CC2)n1. The van der Waals surface area contributed by atoms with Gasteiger partial charge in [0.1, 0.15) is 0 Å². The lowest BCUT2D eigenvalue weighted by Crippen LogP contribution is -2.43. The molecule has 2 fully saturated rings. The molecule has 3 rings (SSSR count). The van der Waals surface area contributed by atoms with E-state index in [0.29, 0.717) is 18.6 Å². The molecule has 1 aromatic rings. The van der Waals surface area contributed by atoms with E-state index in [1.807, 2.05) is 6.20 Å². The quantitative estimate of drug-likeness (QED) is 0.908. The summed E-state index contributed by atoms with van der Waals surface area (Å²) in [5.41, 5.74) is 1.90. The first-order valence-corrected chi connectivity index (χ1v) is 8.63. The predicted octanol–water partition coefficient (Wildman–Crippen LogP) is 1.34. The molecule has 0 saturated carbocycles. The normalized spacial score (nSPS) is 24.0. The van der Waals surface area contributed by atoms with Gasteiger partial charge in [-0.3, -0.25) is 19.7 Å². The smallest absolute Gasteiger partial charge is 0.217 e. The maximum absolute atomic E-state index is 11.1. The van der Waals surface area contributed by atoms with E-state index >= 15 is 0 Å². The number of carbonyl (C=O) groups excluding carboxylic acids is 1. The zero-order valence-corrected chi connectivity index (χ0v) is 14.2. The maximum atomic E-state index is 11.1. The van der Waals surface area contributed by atoms with Gasteiger partial charge in [0.05, 0.1) is 36.4 Å². The van der Waals surface area contributed by atoms with Gasteiger partial charge in [-0.15, -0.1) is 0 Å². The van der Waals surface area contributed by atoms with E-state index in [4.69, 9.17) is 4.98 Å². The number of nitrogens with zero attached hydrogens (tertiary/aromatic N) is 4. The maximum Gasteiger partial charge on any atom is 0.217 e. The van der Waals surface area contributed by atoms with Crippen LogP contribution in [0.5, 0.6) is 0 Å². The van der Waals surface area contributed by atoms with E-state index in [1.54, 1.807) is 6.20 Å². The van der Waals surface area contributed by atoms with Gasteiger partial charge in [0.15, 0.2) is 0 Å². The van der Waals surface area contributed by atoms with Crippen LogP contribution in [-0.4, -0.2) is 58.4 Å². The molecular formula is C17H27N5O. The van der Waals surface area contributed by atoms with Gasteiger partial charge < -0.3 is 10.2 Å². The van der Waals surface area contributed by atoms with Crippen LogP contribution in [0, 0.1) is 0 Å². The van der Waals surface area contributed by atoms with Crippen LogP contribution in [0.25, 0.3) is 0 Å². The molecule has 1 aromatic heterocycles. The summed E-state index contributed by atoms with van der Waals surface area (Å²) >= 11 is 0. The molecule has 23 heavy (non-hydrogen) atoms. The van der Waals surface area contributed by atoms with Gasteiger partial charge in [-0.05, 0) is 52.4 Å². The lowest BCUT2D eigenvalue weighted by atomic mass is 10.0. The van der Waals surface area contributed by atoms with E-state index in [0.717, 1.165) is 24.4 Å². The second-order valence-corrected chi connectivity index (χ2v) is 6.78. The molecule has 2 aliphatic rings. The third kappa shape index (κ3) is 4.06. The molecule has 0 unspecified atom stereocenters. The summed E-state index contributed by atoms with van der Waals surface area (Å²) in [5.74, 6) is -0.0361. The molecule has 6 heteroatoms. The number of rotatable bonds is 4. The summed E-state index contributed by atoms with van der Waals surface area (Å²) in [7, 11) is 2.20.